The third-order valence-electron chi connectivity index (χ3n) is 2.13. The quantitative estimate of drug-likeness (QED) is 0.757. The van der Waals surface area contributed by atoms with E-state index in [0.717, 1.165) is 0 Å². The maximum Gasteiger partial charge on any atom is 0.387 e. The fourth-order valence-corrected chi connectivity index (χ4v) is 1.31. The minimum absolute atomic E-state index is 0.0923. The fraction of sp³-hybridized carbons (Fsp3) is 0.333. The van der Waals surface area contributed by atoms with Crippen LogP contribution in [0.15, 0.2) is 36.9 Å². The van der Waals surface area contributed by atoms with Gasteiger partial charge in [0.25, 0.3) is 0 Å². The van der Waals surface area contributed by atoms with Gasteiger partial charge >= 0.3 is 6.61 Å². The van der Waals surface area contributed by atoms with E-state index in [9.17, 15) is 13.9 Å². The van der Waals surface area contributed by atoms with Crippen molar-refractivity contribution in [2.45, 2.75) is 25.6 Å². The van der Waals surface area contributed by atoms with Gasteiger partial charge in [-0.2, -0.15) is 8.78 Å². The lowest BCUT2D eigenvalue weighted by Gasteiger charge is -2.10. The molecule has 2 nitrogen and oxygen atoms in total. The van der Waals surface area contributed by atoms with Crippen molar-refractivity contribution in [2.24, 2.45) is 0 Å². The number of aliphatic hydroxyl groups excluding tert-OH is 1. The van der Waals surface area contributed by atoms with E-state index in [-0.39, 0.29) is 5.75 Å². The van der Waals surface area contributed by atoms with E-state index in [1.54, 1.807) is 18.2 Å². The van der Waals surface area contributed by atoms with Gasteiger partial charge in [0.15, 0.2) is 0 Å². The normalized spacial score (nSPS) is 12.5. The summed E-state index contributed by atoms with van der Waals surface area (Å²) < 4.78 is 27.9. The van der Waals surface area contributed by atoms with Gasteiger partial charge in [0.2, 0.25) is 0 Å². The molecule has 1 atom stereocenters. The van der Waals surface area contributed by atoms with Crippen molar-refractivity contribution in [3.05, 3.63) is 42.5 Å². The Kier molecular flexibility index (Phi) is 4.92. The van der Waals surface area contributed by atoms with Crippen LogP contribution in [0.25, 0.3) is 0 Å². The number of alkyl halides is 2. The number of halogens is 2. The molecule has 1 rings (SSSR count). The summed E-state index contributed by atoms with van der Waals surface area (Å²) in [6, 6.07) is 5.98. The first-order valence-electron chi connectivity index (χ1n) is 4.97. The van der Waals surface area contributed by atoms with Crippen molar-refractivity contribution >= 4 is 0 Å². The third-order valence-corrected chi connectivity index (χ3v) is 2.13. The minimum Gasteiger partial charge on any atom is -0.435 e. The van der Waals surface area contributed by atoms with Crippen molar-refractivity contribution in [2.75, 3.05) is 0 Å². The average Bonchev–Trinajstić information content (AvgIpc) is 2.26. The zero-order chi connectivity index (χ0) is 12.0. The van der Waals surface area contributed by atoms with Crippen LogP contribution in [-0.4, -0.2) is 11.7 Å². The van der Waals surface area contributed by atoms with E-state index >= 15 is 0 Å². The Hall–Kier alpha value is -1.42. The number of hydrogen-bond acceptors (Lipinski definition) is 2. The summed E-state index contributed by atoms with van der Waals surface area (Å²) in [5.41, 5.74) is 0.684. The molecule has 0 radical (unpaired) electrons. The molecule has 0 aromatic heterocycles. The summed E-state index contributed by atoms with van der Waals surface area (Å²) in [7, 11) is 0. The molecule has 1 N–H and O–H groups in total. The van der Waals surface area contributed by atoms with Crippen molar-refractivity contribution in [1.82, 2.24) is 0 Å². The van der Waals surface area contributed by atoms with E-state index in [1.165, 1.54) is 12.1 Å². The Balaban J connectivity index is 2.59. The summed E-state index contributed by atoms with van der Waals surface area (Å²) in [5, 5.41) is 9.69. The molecule has 0 aliphatic heterocycles. The van der Waals surface area contributed by atoms with Gasteiger partial charge in [-0.3, -0.25) is 0 Å². The fourth-order valence-electron chi connectivity index (χ4n) is 1.31. The molecule has 0 spiro atoms. The van der Waals surface area contributed by atoms with E-state index in [4.69, 9.17) is 0 Å². The Morgan fingerprint density at radius 3 is 2.44 bits per heavy atom. The Morgan fingerprint density at radius 1 is 1.31 bits per heavy atom. The highest BCUT2D eigenvalue weighted by atomic mass is 19.3. The van der Waals surface area contributed by atoms with Gasteiger partial charge in [0.1, 0.15) is 5.75 Å². The lowest BCUT2D eigenvalue weighted by molar-refractivity contribution is -0.0498. The second kappa shape index (κ2) is 6.23. The first-order chi connectivity index (χ1) is 7.63. The molecule has 1 unspecified atom stereocenters. The largest absolute Gasteiger partial charge is 0.435 e. The topological polar surface area (TPSA) is 29.5 Å². The number of hydrogen-bond donors (Lipinski definition) is 1. The summed E-state index contributed by atoms with van der Waals surface area (Å²) in [4.78, 5) is 0. The lowest BCUT2D eigenvalue weighted by Crippen LogP contribution is -2.02. The number of allylic oxidation sites excluding steroid dienone is 1. The SMILES string of the molecule is C=CCCC(O)c1ccc(OC(F)F)cc1. The predicted molar refractivity (Wildman–Crippen MR) is 57.5 cm³/mol. The zero-order valence-corrected chi connectivity index (χ0v) is 8.77. The van der Waals surface area contributed by atoms with Crippen molar-refractivity contribution in [1.29, 1.82) is 0 Å². The Bertz CT molecular complexity index is 322. The van der Waals surface area contributed by atoms with Crippen LogP contribution in [0.3, 0.4) is 0 Å². The highest BCUT2D eigenvalue weighted by Gasteiger charge is 2.08. The molecule has 0 heterocycles. The number of aliphatic hydroxyl groups is 1. The highest BCUT2D eigenvalue weighted by molar-refractivity contribution is 5.28. The van der Waals surface area contributed by atoms with Crippen molar-refractivity contribution in [3.8, 4) is 5.75 Å². The van der Waals surface area contributed by atoms with Gasteiger partial charge in [-0.15, -0.1) is 6.58 Å². The molecule has 0 aliphatic carbocycles. The van der Waals surface area contributed by atoms with E-state index in [1.807, 2.05) is 0 Å². The van der Waals surface area contributed by atoms with Gasteiger partial charge in [0, 0.05) is 0 Å². The van der Waals surface area contributed by atoms with Crippen LogP contribution in [0.4, 0.5) is 8.78 Å². The maximum atomic E-state index is 11.9. The lowest BCUT2D eigenvalue weighted by atomic mass is 10.1. The summed E-state index contributed by atoms with van der Waals surface area (Å²) >= 11 is 0. The molecule has 0 amide bonds. The van der Waals surface area contributed by atoms with Crippen LogP contribution in [0.2, 0.25) is 0 Å². The van der Waals surface area contributed by atoms with Gasteiger partial charge in [-0.1, -0.05) is 18.2 Å². The van der Waals surface area contributed by atoms with Crippen LogP contribution in [0.1, 0.15) is 24.5 Å². The molecule has 0 bridgehead atoms. The summed E-state index contributed by atoms with van der Waals surface area (Å²) in [6.45, 7) is 0.736. The molecular weight excluding hydrogens is 214 g/mol. The standard InChI is InChI=1S/C12H14F2O2/c1-2-3-4-11(15)9-5-7-10(8-6-9)16-12(13)14/h2,5-8,11-12,15H,1,3-4H2. The molecule has 1 aromatic carbocycles. The van der Waals surface area contributed by atoms with Gasteiger partial charge in [0.05, 0.1) is 6.10 Å². The molecular formula is C12H14F2O2. The van der Waals surface area contributed by atoms with Gasteiger partial charge in [-0.05, 0) is 30.5 Å². The summed E-state index contributed by atoms with van der Waals surface area (Å²) in [6.07, 6.45) is 2.39. The number of ether oxygens (including phenoxy) is 1. The molecule has 0 saturated heterocycles. The van der Waals surface area contributed by atoms with E-state index in [0.29, 0.717) is 18.4 Å². The predicted octanol–water partition coefficient (Wildman–Crippen LogP) is 3.29. The van der Waals surface area contributed by atoms with Gasteiger partial charge < -0.3 is 9.84 Å². The Morgan fingerprint density at radius 2 is 1.94 bits per heavy atom. The molecule has 88 valence electrons. The Labute approximate surface area is 93.2 Å². The van der Waals surface area contributed by atoms with Crippen LogP contribution in [-0.2, 0) is 0 Å². The number of rotatable bonds is 6. The molecule has 0 aliphatic rings. The molecule has 0 fully saturated rings. The monoisotopic (exact) mass is 228 g/mol. The molecule has 0 saturated carbocycles. The van der Waals surface area contributed by atoms with Crippen LogP contribution in [0.5, 0.6) is 5.75 Å². The molecule has 16 heavy (non-hydrogen) atoms. The second-order valence-corrected chi connectivity index (χ2v) is 3.33. The number of benzene rings is 1. The summed E-state index contributed by atoms with van der Waals surface area (Å²) in [5.74, 6) is 0.0923. The molecule has 1 aromatic rings. The van der Waals surface area contributed by atoms with E-state index < -0.39 is 12.7 Å². The zero-order valence-electron chi connectivity index (χ0n) is 8.77. The minimum atomic E-state index is -2.82. The maximum absolute atomic E-state index is 11.9. The highest BCUT2D eigenvalue weighted by Crippen LogP contribution is 2.22. The first-order valence-corrected chi connectivity index (χ1v) is 4.97. The smallest absolute Gasteiger partial charge is 0.387 e. The van der Waals surface area contributed by atoms with Crippen LogP contribution < -0.4 is 4.74 Å². The molecule has 4 heteroatoms. The van der Waals surface area contributed by atoms with Crippen LogP contribution >= 0.6 is 0 Å². The van der Waals surface area contributed by atoms with E-state index in [2.05, 4.69) is 11.3 Å². The second-order valence-electron chi connectivity index (χ2n) is 3.33. The first kappa shape index (κ1) is 12.6. The average molecular weight is 228 g/mol. The van der Waals surface area contributed by atoms with Crippen molar-refractivity contribution in [3.63, 3.8) is 0 Å². The third kappa shape index (κ3) is 3.98. The van der Waals surface area contributed by atoms with Gasteiger partial charge in [-0.25, -0.2) is 0 Å². The van der Waals surface area contributed by atoms with Crippen LogP contribution in [0, 0.1) is 0 Å². The van der Waals surface area contributed by atoms with Crippen molar-refractivity contribution < 1.29 is 18.6 Å².